The molecule has 7 rings (SSSR count). The van der Waals surface area contributed by atoms with Crippen molar-refractivity contribution >= 4 is 17.7 Å². The molecule has 2 fully saturated rings. The van der Waals surface area contributed by atoms with Gasteiger partial charge in [-0.2, -0.15) is 5.10 Å². The van der Waals surface area contributed by atoms with E-state index in [1.165, 1.54) is 6.07 Å². The first-order chi connectivity index (χ1) is 18.9. The Morgan fingerprint density at radius 1 is 1.10 bits per heavy atom. The van der Waals surface area contributed by atoms with Crippen molar-refractivity contribution in [2.45, 2.75) is 50.2 Å². The van der Waals surface area contributed by atoms with Crippen molar-refractivity contribution in [3.05, 3.63) is 76.9 Å². The monoisotopic (exact) mass is 529 g/mol. The molecule has 3 amide bonds. The van der Waals surface area contributed by atoms with E-state index in [0.717, 1.165) is 54.9 Å². The number of fused-ring (bicyclic) bond motifs is 4. The highest BCUT2D eigenvalue weighted by Crippen LogP contribution is 2.49. The number of rotatable bonds is 4. The Hall–Kier alpha value is -4.05. The van der Waals surface area contributed by atoms with Crippen molar-refractivity contribution in [3.8, 4) is 11.4 Å². The number of hydrogen-bond acceptors (Lipinski definition) is 6. The van der Waals surface area contributed by atoms with Crippen LogP contribution < -0.4 is 10.1 Å². The van der Waals surface area contributed by atoms with E-state index in [2.05, 4.69) is 15.3 Å². The summed E-state index contributed by atoms with van der Waals surface area (Å²) >= 11 is 0. The molecule has 2 saturated heterocycles. The lowest BCUT2D eigenvalue weighted by Crippen LogP contribution is -2.52. The molecule has 1 aromatic heterocycles. The highest BCUT2D eigenvalue weighted by Gasteiger charge is 2.47. The number of likely N-dealkylation sites (tertiary alicyclic amines) is 1. The minimum atomic E-state index is -0.639. The second kappa shape index (κ2) is 9.01. The maximum atomic E-state index is 14.2. The van der Waals surface area contributed by atoms with Gasteiger partial charge in [-0.1, -0.05) is 18.2 Å². The van der Waals surface area contributed by atoms with Crippen LogP contribution in [-0.4, -0.2) is 63.0 Å². The zero-order valence-corrected chi connectivity index (χ0v) is 21.4. The second-order valence-corrected chi connectivity index (χ2v) is 11.0. The number of nitrogens with zero attached hydrogens (tertiary/aromatic N) is 4. The van der Waals surface area contributed by atoms with Crippen LogP contribution in [0, 0.1) is 5.82 Å². The van der Waals surface area contributed by atoms with Gasteiger partial charge in [-0.05, 0) is 50.6 Å². The lowest BCUT2D eigenvalue weighted by molar-refractivity contribution is -0.136. The summed E-state index contributed by atoms with van der Waals surface area (Å²) in [6.07, 6.45) is 6.09. The molecule has 1 spiro atoms. The average Bonchev–Trinajstić information content (AvgIpc) is 3.63. The lowest BCUT2D eigenvalue weighted by Gasteiger charge is -2.38. The number of benzene rings is 2. The van der Waals surface area contributed by atoms with Gasteiger partial charge in [0.05, 0.1) is 19.3 Å². The van der Waals surface area contributed by atoms with E-state index in [1.807, 2.05) is 18.3 Å². The van der Waals surface area contributed by atoms with Gasteiger partial charge in [0.15, 0.2) is 0 Å². The summed E-state index contributed by atoms with van der Waals surface area (Å²) in [5.41, 5.74) is 3.93. The average molecular weight is 530 g/mol. The van der Waals surface area contributed by atoms with Crippen LogP contribution in [0.4, 0.5) is 4.39 Å². The van der Waals surface area contributed by atoms with Crippen LogP contribution >= 0.6 is 0 Å². The van der Waals surface area contributed by atoms with E-state index >= 15 is 0 Å². The number of carbonyl (C=O) groups is 3. The summed E-state index contributed by atoms with van der Waals surface area (Å²) in [4.78, 5) is 41.2. The quantitative estimate of drug-likeness (QED) is 0.522. The van der Waals surface area contributed by atoms with Crippen molar-refractivity contribution < 1.29 is 23.5 Å². The summed E-state index contributed by atoms with van der Waals surface area (Å²) in [5.74, 6) is -0.404. The van der Waals surface area contributed by atoms with Crippen molar-refractivity contribution in [2.24, 2.45) is 0 Å². The molecule has 0 aliphatic carbocycles. The molecule has 4 aliphatic heterocycles. The van der Waals surface area contributed by atoms with E-state index in [4.69, 9.17) is 4.74 Å². The number of imide groups is 1. The minimum absolute atomic E-state index is 0.108. The first kappa shape index (κ1) is 24.0. The van der Waals surface area contributed by atoms with Crippen molar-refractivity contribution in [1.29, 1.82) is 0 Å². The molecule has 1 N–H and O–H groups in total. The molecule has 10 heteroatoms. The lowest BCUT2D eigenvalue weighted by atomic mass is 9.74. The highest BCUT2D eigenvalue weighted by molar-refractivity contribution is 6.05. The summed E-state index contributed by atoms with van der Waals surface area (Å²) in [7, 11) is 0. The largest absolute Gasteiger partial charge is 0.492 e. The summed E-state index contributed by atoms with van der Waals surface area (Å²) in [5, 5.41) is 6.71. The Morgan fingerprint density at radius 3 is 2.72 bits per heavy atom. The number of hydrogen-bond donors (Lipinski definition) is 1. The molecule has 1 unspecified atom stereocenters. The minimum Gasteiger partial charge on any atom is -0.492 e. The van der Waals surface area contributed by atoms with Gasteiger partial charge >= 0.3 is 0 Å². The molecule has 5 heterocycles. The van der Waals surface area contributed by atoms with Gasteiger partial charge < -0.3 is 9.64 Å². The Kier molecular flexibility index (Phi) is 5.55. The topological polar surface area (TPSA) is 96.8 Å². The Labute approximate surface area is 224 Å². The summed E-state index contributed by atoms with van der Waals surface area (Å²) < 4.78 is 22.0. The third kappa shape index (κ3) is 3.93. The van der Waals surface area contributed by atoms with Gasteiger partial charge in [-0.15, -0.1) is 0 Å². The number of ether oxygens (including phenoxy) is 1. The van der Waals surface area contributed by atoms with Crippen molar-refractivity contribution in [3.63, 3.8) is 0 Å². The number of aromatic nitrogens is 2. The number of para-hydroxylation sites is 1. The van der Waals surface area contributed by atoms with Crippen molar-refractivity contribution in [1.82, 2.24) is 24.9 Å². The van der Waals surface area contributed by atoms with Crippen LogP contribution in [0.5, 0.6) is 5.75 Å². The van der Waals surface area contributed by atoms with Crippen LogP contribution in [-0.2, 0) is 28.1 Å². The first-order valence-corrected chi connectivity index (χ1v) is 13.4. The van der Waals surface area contributed by atoms with E-state index < -0.39 is 11.9 Å². The Balaban J connectivity index is 1.05. The number of piperidine rings is 2. The Bertz CT molecular complexity index is 1510. The first-order valence-electron chi connectivity index (χ1n) is 13.4. The maximum Gasteiger partial charge on any atom is 0.255 e. The maximum absolute atomic E-state index is 14.2. The number of halogens is 1. The third-order valence-corrected chi connectivity index (χ3v) is 8.69. The van der Waals surface area contributed by atoms with Crippen molar-refractivity contribution in [2.75, 3.05) is 19.7 Å². The zero-order valence-electron chi connectivity index (χ0n) is 21.4. The Morgan fingerprint density at radius 2 is 1.92 bits per heavy atom. The van der Waals surface area contributed by atoms with E-state index in [-0.39, 0.29) is 29.5 Å². The predicted molar refractivity (Wildman–Crippen MR) is 138 cm³/mol. The molecule has 9 nitrogen and oxygen atoms in total. The fourth-order valence-corrected chi connectivity index (χ4v) is 6.51. The van der Waals surface area contributed by atoms with Gasteiger partial charge in [0.2, 0.25) is 11.8 Å². The van der Waals surface area contributed by atoms with Gasteiger partial charge in [0.1, 0.15) is 23.3 Å². The smallest absolute Gasteiger partial charge is 0.255 e. The number of amides is 3. The van der Waals surface area contributed by atoms with E-state index in [1.54, 1.807) is 34.0 Å². The molecule has 0 radical (unpaired) electrons. The van der Waals surface area contributed by atoms with Crippen LogP contribution in [0.25, 0.3) is 5.69 Å². The molecule has 1 atom stereocenters. The molecule has 4 aliphatic rings. The van der Waals surface area contributed by atoms with Gasteiger partial charge in [0, 0.05) is 46.8 Å². The summed E-state index contributed by atoms with van der Waals surface area (Å²) in [6, 6.07) is 9.87. The fraction of sp³-hybridized carbons (Fsp3) is 0.379. The van der Waals surface area contributed by atoms with Crippen LogP contribution in [0.1, 0.15) is 52.7 Å². The van der Waals surface area contributed by atoms with Crippen LogP contribution in [0.3, 0.4) is 0 Å². The number of carbonyl (C=O) groups excluding carboxylic acids is 3. The van der Waals surface area contributed by atoms with E-state index in [9.17, 15) is 18.8 Å². The van der Waals surface area contributed by atoms with Gasteiger partial charge in [0.25, 0.3) is 5.91 Å². The van der Waals surface area contributed by atoms with E-state index in [0.29, 0.717) is 30.8 Å². The normalized spacial score (nSPS) is 22.1. The third-order valence-electron chi connectivity index (χ3n) is 8.69. The second-order valence-electron chi connectivity index (χ2n) is 11.0. The molecule has 0 saturated carbocycles. The predicted octanol–water partition coefficient (Wildman–Crippen LogP) is 2.70. The number of nitrogens with one attached hydrogen (secondary N) is 1. The SMILES string of the molecule is O=C1CCC(N2Cc3c(ccc4c3OCC43CCN(Cc4cnn(-c5ccccc5F)c4)CC3)C2=O)C(=O)N1. The standard InChI is InChI=1S/C29H28FN5O4/c30-22-3-1-2-4-23(22)35-15-18(13-31-35)14-33-11-9-29(10-12-33)17-39-26-20-16-34(24-7-8-25(36)32-27(24)37)28(38)19(20)5-6-21(26)29/h1-6,13,15,24H,7-12,14,16-17H2,(H,32,36,37). The van der Waals surface area contributed by atoms with Gasteiger partial charge in [-0.3, -0.25) is 24.6 Å². The zero-order chi connectivity index (χ0) is 26.7. The molecule has 39 heavy (non-hydrogen) atoms. The van der Waals surface area contributed by atoms with Crippen LogP contribution in [0.15, 0.2) is 48.8 Å². The molecule has 200 valence electrons. The molecular weight excluding hydrogens is 501 g/mol. The van der Waals surface area contributed by atoms with Crippen LogP contribution in [0.2, 0.25) is 0 Å². The molecule has 3 aromatic rings. The summed E-state index contributed by atoms with van der Waals surface area (Å²) in [6.45, 7) is 3.39. The highest BCUT2D eigenvalue weighted by atomic mass is 19.1. The molecule has 2 aromatic carbocycles. The molecular formula is C29H28FN5O4. The van der Waals surface area contributed by atoms with Gasteiger partial charge in [-0.25, -0.2) is 9.07 Å². The fourth-order valence-electron chi connectivity index (χ4n) is 6.51. The molecule has 0 bridgehead atoms.